The van der Waals surface area contributed by atoms with E-state index in [4.69, 9.17) is 5.73 Å². The van der Waals surface area contributed by atoms with Crippen LogP contribution in [0, 0.1) is 25.2 Å². The lowest BCUT2D eigenvalue weighted by Gasteiger charge is -2.38. The number of carbonyl (C=O) groups is 2. The van der Waals surface area contributed by atoms with Crippen LogP contribution in [0.25, 0.3) is 0 Å². The summed E-state index contributed by atoms with van der Waals surface area (Å²) in [4.78, 5) is 27.4. The van der Waals surface area contributed by atoms with Gasteiger partial charge in [-0.25, -0.2) is 0 Å². The molecular weight excluding hydrogens is 516 g/mol. The van der Waals surface area contributed by atoms with E-state index >= 15 is 0 Å². The summed E-state index contributed by atoms with van der Waals surface area (Å²) in [5.74, 6) is -0.203. The quantitative estimate of drug-likeness (QED) is 0.408. The largest absolute Gasteiger partial charge is 0.384 e. The number of nitrogens with zero attached hydrogens (tertiary/aromatic N) is 4. The number of nitriles is 1. The second-order valence-electron chi connectivity index (χ2n) is 9.23. The van der Waals surface area contributed by atoms with Gasteiger partial charge < -0.3 is 11.1 Å². The fourth-order valence-corrected chi connectivity index (χ4v) is 6.52. The average molecular weight is 543 g/mol. The molecule has 0 bridgehead atoms. The van der Waals surface area contributed by atoms with E-state index in [-0.39, 0.29) is 23.3 Å². The first kappa shape index (κ1) is 25.7. The molecule has 1 aromatic heterocycles. The van der Waals surface area contributed by atoms with Gasteiger partial charge in [0.1, 0.15) is 5.82 Å². The third-order valence-electron chi connectivity index (χ3n) is 6.66. The van der Waals surface area contributed by atoms with Crippen molar-refractivity contribution in [1.29, 1.82) is 5.26 Å². The lowest BCUT2D eigenvalue weighted by molar-refractivity contribution is -0.116. The Hall–Kier alpha value is -3.94. The van der Waals surface area contributed by atoms with E-state index in [2.05, 4.69) is 21.6 Å². The number of Topliss-reactive ketones (excluding diaryl/α,β-unsaturated/α-hetero) is 1. The number of ketones is 1. The molecule has 192 valence electrons. The monoisotopic (exact) mass is 542 g/mol. The molecule has 0 saturated heterocycles. The summed E-state index contributed by atoms with van der Waals surface area (Å²) in [6.07, 6.45) is 1.77. The van der Waals surface area contributed by atoms with Crippen LogP contribution in [0.1, 0.15) is 41.9 Å². The summed E-state index contributed by atoms with van der Waals surface area (Å²) >= 11 is 2.55. The van der Waals surface area contributed by atoms with Gasteiger partial charge in [0.2, 0.25) is 11.0 Å². The van der Waals surface area contributed by atoms with Crippen LogP contribution in [0.3, 0.4) is 0 Å². The Morgan fingerprint density at radius 2 is 1.95 bits per heavy atom. The molecule has 0 radical (unpaired) electrons. The maximum absolute atomic E-state index is 13.3. The maximum Gasteiger partial charge on any atom is 0.234 e. The highest BCUT2D eigenvalue weighted by Gasteiger charge is 2.41. The van der Waals surface area contributed by atoms with E-state index in [1.165, 1.54) is 23.1 Å². The zero-order valence-electron chi connectivity index (χ0n) is 21.0. The van der Waals surface area contributed by atoms with E-state index in [0.29, 0.717) is 39.9 Å². The van der Waals surface area contributed by atoms with Crippen molar-refractivity contribution in [2.45, 2.75) is 43.4 Å². The summed E-state index contributed by atoms with van der Waals surface area (Å²) in [5, 5.41) is 22.1. The van der Waals surface area contributed by atoms with Gasteiger partial charge in [-0.2, -0.15) is 5.26 Å². The third-order valence-corrected chi connectivity index (χ3v) is 8.70. The fourth-order valence-electron chi connectivity index (χ4n) is 4.84. The molecule has 0 spiro atoms. The minimum Gasteiger partial charge on any atom is -0.384 e. The predicted molar refractivity (Wildman–Crippen MR) is 150 cm³/mol. The summed E-state index contributed by atoms with van der Waals surface area (Å²) in [6, 6.07) is 17.7. The van der Waals surface area contributed by atoms with Crippen molar-refractivity contribution in [1.82, 2.24) is 10.2 Å². The van der Waals surface area contributed by atoms with Crippen LogP contribution in [-0.2, 0) is 9.59 Å². The van der Waals surface area contributed by atoms with Gasteiger partial charge in [0.05, 0.1) is 23.3 Å². The number of nitrogens with one attached hydrogen (secondary N) is 1. The van der Waals surface area contributed by atoms with Gasteiger partial charge in [0, 0.05) is 23.4 Å². The van der Waals surface area contributed by atoms with E-state index in [0.717, 1.165) is 28.1 Å². The molecule has 0 fully saturated rings. The van der Waals surface area contributed by atoms with E-state index in [1.807, 2.05) is 62.4 Å². The Kier molecular flexibility index (Phi) is 7.31. The molecule has 2 heterocycles. The Morgan fingerprint density at radius 3 is 2.68 bits per heavy atom. The highest BCUT2D eigenvalue weighted by molar-refractivity contribution is 8.01. The van der Waals surface area contributed by atoms with Gasteiger partial charge in [-0.05, 0) is 49.9 Å². The first-order chi connectivity index (χ1) is 18.4. The molecule has 1 atom stereocenters. The topological polar surface area (TPSA) is 125 Å². The molecule has 2 aliphatic rings. The zero-order chi connectivity index (χ0) is 26.8. The molecule has 3 aromatic rings. The van der Waals surface area contributed by atoms with Crippen molar-refractivity contribution in [2.24, 2.45) is 5.73 Å². The van der Waals surface area contributed by atoms with Crippen LogP contribution < -0.4 is 16.0 Å². The highest BCUT2D eigenvalue weighted by Crippen LogP contribution is 2.47. The molecule has 3 N–H and O–H groups in total. The van der Waals surface area contributed by atoms with Crippen LogP contribution in [0.2, 0.25) is 0 Å². The van der Waals surface area contributed by atoms with Crippen LogP contribution in [0.5, 0.6) is 0 Å². The number of nitrogens with two attached hydrogens (primary N) is 1. The zero-order valence-corrected chi connectivity index (χ0v) is 22.7. The Labute approximate surface area is 229 Å². The van der Waals surface area contributed by atoms with E-state index in [1.54, 1.807) is 4.90 Å². The lowest BCUT2D eigenvalue weighted by atomic mass is 9.75. The molecule has 1 unspecified atom stereocenters. The van der Waals surface area contributed by atoms with Crippen LogP contribution in [-0.4, -0.2) is 27.6 Å². The van der Waals surface area contributed by atoms with Crippen molar-refractivity contribution < 1.29 is 9.59 Å². The number of thioether (sulfide) groups is 1. The second kappa shape index (κ2) is 10.8. The van der Waals surface area contributed by atoms with Crippen LogP contribution >= 0.6 is 23.1 Å². The van der Waals surface area contributed by atoms with Gasteiger partial charge in [-0.1, -0.05) is 65.1 Å². The first-order valence-corrected chi connectivity index (χ1v) is 14.0. The van der Waals surface area contributed by atoms with Crippen LogP contribution in [0.15, 0.2) is 75.5 Å². The molecule has 1 aliphatic carbocycles. The maximum atomic E-state index is 13.3. The number of hydrogen-bond donors (Lipinski definition) is 2. The lowest BCUT2D eigenvalue weighted by Crippen LogP contribution is -2.38. The van der Waals surface area contributed by atoms with Crippen LogP contribution in [0.4, 0.5) is 10.8 Å². The molecule has 10 heteroatoms. The predicted octanol–water partition coefficient (Wildman–Crippen LogP) is 5.19. The van der Waals surface area contributed by atoms with Crippen molar-refractivity contribution in [3.63, 3.8) is 0 Å². The second-order valence-corrected chi connectivity index (χ2v) is 11.4. The standard InChI is InChI=1S/C28H26N6O2S2/c1-16-10-12-18(13-11-16)31-23(36)15-37-28-33-32-27(38-28)34-21-8-5-9-22(35)25(21)24(20(14-29)26(34)30)19-7-4-3-6-17(19)2/h3-4,6-7,10-13,24H,5,8-9,15,30H2,1-2H3,(H,31,36). The normalized spacial score (nSPS) is 17.3. The number of aromatic nitrogens is 2. The Balaban J connectivity index is 1.42. The van der Waals surface area contributed by atoms with Gasteiger partial charge in [0.25, 0.3) is 0 Å². The number of benzene rings is 2. The fraction of sp³-hybridized carbons (Fsp3) is 0.250. The van der Waals surface area contributed by atoms with Gasteiger partial charge in [0.15, 0.2) is 10.1 Å². The van der Waals surface area contributed by atoms with Crippen molar-refractivity contribution in [2.75, 3.05) is 16.0 Å². The van der Waals surface area contributed by atoms with Crippen molar-refractivity contribution in [3.8, 4) is 6.07 Å². The van der Waals surface area contributed by atoms with Gasteiger partial charge in [-0.3, -0.25) is 14.5 Å². The molecule has 38 heavy (non-hydrogen) atoms. The summed E-state index contributed by atoms with van der Waals surface area (Å²) < 4.78 is 0.593. The van der Waals surface area contributed by atoms with Crippen molar-refractivity contribution in [3.05, 3.63) is 87.9 Å². The summed E-state index contributed by atoms with van der Waals surface area (Å²) in [5.41, 5.74) is 12.1. The number of hydrogen-bond acceptors (Lipinski definition) is 9. The van der Waals surface area contributed by atoms with Gasteiger partial charge in [-0.15, -0.1) is 10.2 Å². The average Bonchev–Trinajstić information content (AvgIpc) is 3.37. The number of anilines is 2. The molecule has 5 rings (SSSR count). The molecule has 1 aliphatic heterocycles. The molecule has 1 amide bonds. The smallest absolute Gasteiger partial charge is 0.234 e. The Morgan fingerprint density at radius 1 is 1.18 bits per heavy atom. The minimum atomic E-state index is -0.507. The number of carbonyl (C=O) groups excluding carboxylic acids is 2. The summed E-state index contributed by atoms with van der Waals surface area (Å²) in [7, 11) is 0. The Bertz CT molecular complexity index is 1520. The SMILES string of the molecule is Cc1ccc(NC(=O)CSc2nnc(N3C(N)=C(C#N)C(c4ccccc4C)C4=C3CCCC4=O)s2)cc1. The minimum absolute atomic E-state index is 0.0247. The number of rotatable bonds is 6. The highest BCUT2D eigenvalue weighted by atomic mass is 32.2. The number of aryl methyl sites for hydroxylation is 2. The van der Waals surface area contributed by atoms with E-state index < -0.39 is 5.92 Å². The molecule has 8 nitrogen and oxygen atoms in total. The molecule has 2 aromatic carbocycles. The number of amides is 1. The number of allylic oxidation sites excluding steroid dienone is 3. The molecule has 0 saturated carbocycles. The summed E-state index contributed by atoms with van der Waals surface area (Å²) in [6.45, 7) is 3.97. The van der Waals surface area contributed by atoms with Crippen molar-refractivity contribution >= 4 is 45.6 Å². The van der Waals surface area contributed by atoms with Gasteiger partial charge >= 0.3 is 0 Å². The third kappa shape index (κ3) is 4.95. The van der Waals surface area contributed by atoms with E-state index in [9.17, 15) is 14.9 Å². The first-order valence-electron chi connectivity index (χ1n) is 12.2. The molecular formula is C28H26N6O2S2.